The summed E-state index contributed by atoms with van der Waals surface area (Å²) in [6, 6.07) is 13.3. The summed E-state index contributed by atoms with van der Waals surface area (Å²) in [5.74, 6) is -0.568. The lowest BCUT2D eigenvalue weighted by Crippen LogP contribution is -2.46. The first-order valence-electron chi connectivity index (χ1n) is 19.9. The van der Waals surface area contributed by atoms with Gasteiger partial charge >= 0.3 is 0 Å². The van der Waals surface area contributed by atoms with Crippen molar-refractivity contribution in [2.45, 2.75) is 84.6 Å². The van der Waals surface area contributed by atoms with Gasteiger partial charge in [-0.1, -0.05) is 31.2 Å². The molecule has 0 spiro atoms. The number of methoxy groups -OCH3 is 1. The van der Waals surface area contributed by atoms with Crippen LogP contribution in [0.15, 0.2) is 48.7 Å². The zero-order valence-corrected chi connectivity index (χ0v) is 32.7. The lowest BCUT2D eigenvalue weighted by Gasteiger charge is -2.34. The molecule has 2 saturated heterocycles. The minimum absolute atomic E-state index is 0.119. The van der Waals surface area contributed by atoms with Gasteiger partial charge in [-0.05, 0) is 67.5 Å². The fraction of sp³-hybridized carbons (Fsp3) is 0.524. The first-order chi connectivity index (χ1) is 26.8. The zero-order chi connectivity index (χ0) is 38.6. The van der Waals surface area contributed by atoms with Crippen LogP contribution in [0.1, 0.15) is 68.3 Å². The number of benzene rings is 2. The molecule has 2 aliphatic rings. The van der Waals surface area contributed by atoms with Crippen LogP contribution in [0.5, 0.6) is 0 Å². The van der Waals surface area contributed by atoms with E-state index in [1.54, 1.807) is 13.2 Å². The van der Waals surface area contributed by atoms with Gasteiger partial charge in [0.2, 0.25) is 11.8 Å². The Labute approximate surface area is 324 Å². The number of anilines is 1. The third-order valence-electron chi connectivity index (χ3n) is 10.7. The smallest absolute Gasteiger partial charge is 0.220 e. The van der Waals surface area contributed by atoms with Gasteiger partial charge in [0, 0.05) is 115 Å². The molecule has 4 aromatic rings. The maximum Gasteiger partial charge on any atom is 0.220 e. The first-order valence-corrected chi connectivity index (χ1v) is 19.9. The van der Waals surface area contributed by atoms with Gasteiger partial charge in [0.1, 0.15) is 5.82 Å². The number of rotatable bonds is 18. The van der Waals surface area contributed by atoms with Crippen molar-refractivity contribution in [2.75, 3.05) is 65.0 Å². The largest absolute Gasteiger partial charge is 0.383 e. The van der Waals surface area contributed by atoms with Crippen LogP contribution < -0.4 is 16.0 Å². The van der Waals surface area contributed by atoms with E-state index in [0.717, 1.165) is 123 Å². The average Bonchev–Trinajstić information content (AvgIpc) is 3.63. The Balaban J connectivity index is 0.984. The summed E-state index contributed by atoms with van der Waals surface area (Å²) in [6.07, 6.45) is 5.24. The molecular weight excluding hydrogens is 700 g/mol. The van der Waals surface area contributed by atoms with E-state index >= 15 is 4.39 Å². The summed E-state index contributed by atoms with van der Waals surface area (Å²) in [5.41, 5.74) is 7.01. The number of nitrogens with one attached hydrogen (secondary N) is 3. The molecule has 2 aliphatic heterocycles. The number of hydrogen-bond donors (Lipinski definition) is 3. The lowest BCUT2D eigenvalue weighted by atomic mass is 10.00. The number of ether oxygens (including phenoxy) is 2. The van der Waals surface area contributed by atoms with Crippen molar-refractivity contribution >= 4 is 28.5 Å². The number of hydrogen-bond acceptors (Lipinski definition) is 9. The second kappa shape index (κ2) is 19.9. The molecule has 0 atom stereocenters. The summed E-state index contributed by atoms with van der Waals surface area (Å²) in [7, 11) is 1.73. The minimum Gasteiger partial charge on any atom is -0.383 e. The number of nitrogens with zero attached hydrogens (tertiary/aromatic N) is 5. The molecule has 296 valence electrons. The Hall–Kier alpha value is -4.43. The molecule has 0 radical (unpaired) electrons. The minimum atomic E-state index is -0.297. The summed E-state index contributed by atoms with van der Waals surface area (Å²) >= 11 is 0. The highest BCUT2D eigenvalue weighted by molar-refractivity contribution is 5.92. The molecule has 4 heterocycles. The van der Waals surface area contributed by atoms with Crippen LogP contribution >= 0.6 is 0 Å². The molecule has 3 N–H and O–H groups in total. The normalized spacial score (nSPS) is 15.7. The van der Waals surface area contributed by atoms with Gasteiger partial charge in [-0.3, -0.25) is 19.4 Å². The molecule has 0 aliphatic carbocycles. The molecular formula is C42H57FN8O4. The van der Waals surface area contributed by atoms with Crippen LogP contribution in [0.2, 0.25) is 0 Å². The van der Waals surface area contributed by atoms with Gasteiger partial charge in [-0.15, -0.1) is 0 Å². The fourth-order valence-corrected chi connectivity index (χ4v) is 7.46. The highest BCUT2D eigenvalue weighted by Crippen LogP contribution is 2.31. The molecule has 2 fully saturated rings. The van der Waals surface area contributed by atoms with E-state index in [2.05, 4.69) is 56.8 Å². The Morgan fingerprint density at radius 2 is 1.69 bits per heavy atom. The Morgan fingerprint density at radius 1 is 0.945 bits per heavy atom. The molecule has 2 aromatic carbocycles. The van der Waals surface area contributed by atoms with Gasteiger partial charge in [0.05, 0.1) is 23.9 Å². The fourth-order valence-electron chi connectivity index (χ4n) is 7.46. The number of fused-ring (bicyclic) bond motifs is 1. The van der Waals surface area contributed by atoms with E-state index in [1.807, 2.05) is 29.1 Å². The third kappa shape index (κ3) is 10.9. The van der Waals surface area contributed by atoms with Crippen LogP contribution in [-0.4, -0.2) is 102 Å². The summed E-state index contributed by atoms with van der Waals surface area (Å²) in [4.78, 5) is 35.6. The van der Waals surface area contributed by atoms with E-state index in [-0.39, 0.29) is 43.1 Å². The standard InChI is InChI=1S/C42H57FN8O4/c1-4-38-35(41(47-33-14-21-55-22-15-33)36-28-46-51(5-2)42(36)48-38)27-45-40(53)11-7-10-39(52)44-26-30-12-13-37(43)34(25-30)32-9-6-8-31(24-32)29-50-18-16-49(17-19-50)20-23-54-3/h6,8-9,12-13,24-25,28,33H,4-5,7,10-11,14-23,26-27,29H2,1-3H3,(H,44,52)(H,45,53)(H,47,48). The third-order valence-corrected chi connectivity index (χ3v) is 10.7. The number of halogens is 1. The highest BCUT2D eigenvalue weighted by atomic mass is 19.1. The predicted octanol–water partition coefficient (Wildman–Crippen LogP) is 5.28. The number of carbonyl (C=O) groups excluding carboxylic acids is 2. The second-order valence-electron chi connectivity index (χ2n) is 14.5. The van der Waals surface area contributed by atoms with Crippen LogP contribution in [-0.2, 0) is 51.7 Å². The number of pyridine rings is 1. The van der Waals surface area contributed by atoms with Gasteiger partial charge in [-0.25, -0.2) is 14.1 Å². The molecule has 12 nitrogen and oxygen atoms in total. The van der Waals surface area contributed by atoms with Crippen LogP contribution in [0.4, 0.5) is 10.1 Å². The van der Waals surface area contributed by atoms with Crippen LogP contribution in [0, 0.1) is 5.82 Å². The van der Waals surface area contributed by atoms with E-state index in [0.29, 0.717) is 24.9 Å². The number of aryl methyl sites for hydroxylation is 2. The van der Waals surface area contributed by atoms with Crippen molar-refractivity contribution < 1.29 is 23.5 Å². The van der Waals surface area contributed by atoms with Gasteiger partial charge in [0.15, 0.2) is 5.65 Å². The molecule has 2 aromatic heterocycles. The molecule has 55 heavy (non-hydrogen) atoms. The van der Waals surface area contributed by atoms with Crippen molar-refractivity contribution in [2.24, 2.45) is 0 Å². The SMILES string of the molecule is CCc1nc2c(cnn2CC)c(NC2CCOCC2)c1CNC(=O)CCCC(=O)NCc1ccc(F)c(-c2cccc(CN3CCN(CCOC)CC3)c2)c1. The highest BCUT2D eigenvalue weighted by Gasteiger charge is 2.22. The number of amides is 2. The van der Waals surface area contributed by atoms with Gasteiger partial charge in [0.25, 0.3) is 0 Å². The summed E-state index contributed by atoms with van der Waals surface area (Å²) in [5, 5.41) is 15.3. The number of aromatic nitrogens is 3. The molecule has 6 rings (SSSR count). The van der Waals surface area contributed by atoms with E-state index in [4.69, 9.17) is 14.5 Å². The molecule has 2 amide bonds. The average molecular weight is 757 g/mol. The zero-order valence-electron chi connectivity index (χ0n) is 32.7. The number of piperazine rings is 1. The first kappa shape index (κ1) is 40.2. The predicted molar refractivity (Wildman–Crippen MR) is 213 cm³/mol. The maximum atomic E-state index is 15.1. The van der Waals surface area contributed by atoms with Gasteiger partial charge in [-0.2, -0.15) is 5.10 Å². The quantitative estimate of drug-likeness (QED) is 0.125. The molecule has 0 saturated carbocycles. The van der Waals surface area contributed by atoms with E-state index < -0.39 is 0 Å². The molecule has 0 bridgehead atoms. The van der Waals surface area contributed by atoms with Crippen molar-refractivity contribution in [3.05, 3.63) is 76.9 Å². The summed E-state index contributed by atoms with van der Waals surface area (Å²) in [6.45, 7) is 13.4. The van der Waals surface area contributed by atoms with Crippen LogP contribution in [0.3, 0.4) is 0 Å². The molecule has 13 heteroatoms. The van der Waals surface area contributed by atoms with Crippen molar-refractivity contribution in [3.63, 3.8) is 0 Å². The topological polar surface area (TPSA) is 126 Å². The van der Waals surface area contributed by atoms with Crippen molar-refractivity contribution in [1.82, 2.24) is 35.2 Å². The second-order valence-corrected chi connectivity index (χ2v) is 14.5. The van der Waals surface area contributed by atoms with Gasteiger partial charge < -0.3 is 25.4 Å². The Bertz CT molecular complexity index is 1890. The van der Waals surface area contributed by atoms with Crippen LogP contribution in [0.25, 0.3) is 22.2 Å². The Morgan fingerprint density at radius 3 is 2.42 bits per heavy atom. The summed E-state index contributed by atoms with van der Waals surface area (Å²) < 4.78 is 27.8. The van der Waals surface area contributed by atoms with E-state index in [1.165, 1.54) is 6.07 Å². The maximum absolute atomic E-state index is 15.1. The monoisotopic (exact) mass is 756 g/mol. The molecule has 0 unspecified atom stereocenters. The van der Waals surface area contributed by atoms with Crippen molar-refractivity contribution in [3.8, 4) is 11.1 Å². The van der Waals surface area contributed by atoms with Crippen molar-refractivity contribution in [1.29, 1.82) is 0 Å². The lowest BCUT2D eigenvalue weighted by molar-refractivity contribution is -0.122. The Kier molecular flexibility index (Phi) is 14.6. The van der Waals surface area contributed by atoms with E-state index in [9.17, 15) is 9.59 Å². The number of carbonyl (C=O) groups is 2.